The molecule has 1 atom stereocenters. The number of aryl methyl sites for hydroxylation is 2. The van der Waals surface area contributed by atoms with Crippen LogP contribution in [0.1, 0.15) is 62.9 Å². The van der Waals surface area contributed by atoms with E-state index in [2.05, 4.69) is 66.6 Å². The molecule has 1 fully saturated rings. The monoisotopic (exact) mass is 1490 g/mol. The van der Waals surface area contributed by atoms with Crippen molar-refractivity contribution >= 4 is 81.3 Å². The Labute approximate surface area is 566 Å². The number of hydrogen-bond donors (Lipinski definition) is 3. The van der Waals surface area contributed by atoms with Gasteiger partial charge >= 0.3 is 64.6 Å². The molecule has 0 amide bonds. The normalized spacial score (nSPS) is 11.3. The third-order valence-corrected chi connectivity index (χ3v) is 14.3. The number of benzene rings is 5. The van der Waals surface area contributed by atoms with Crippen molar-refractivity contribution < 1.29 is 39.0 Å². The van der Waals surface area contributed by atoms with E-state index in [9.17, 15) is 56.0 Å². The molecule has 9 rings (SSSR count). The van der Waals surface area contributed by atoms with Crippen LogP contribution >= 0.6 is 67.9 Å². The second kappa shape index (κ2) is 40.8. The molecule has 0 unspecified atom stereocenters. The number of nitrogens with one attached hydrogen (secondary N) is 1. The van der Waals surface area contributed by atoms with E-state index in [0.717, 1.165) is 59.3 Å². The van der Waals surface area contributed by atoms with E-state index in [0.29, 0.717) is 52.1 Å². The van der Waals surface area contributed by atoms with Crippen LogP contribution < -0.4 is 44.5 Å². The van der Waals surface area contributed by atoms with Crippen LogP contribution in [0.25, 0.3) is 0 Å². The predicted molar refractivity (Wildman–Crippen MR) is 342 cm³/mol. The van der Waals surface area contributed by atoms with Crippen molar-refractivity contribution in [3.05, 3.63) is 266 Å². The van der Waals surface area contributed by atoms with E-state index >= 15 is 0 Å². The second-order valence-corrected chi connectivity index (χ2v) is 20.9. The van der Waals surface area contributed by atoms with Gasteiger partial charge in [-0.1, -0.05) is 43.5 Å². The van der Waals surface area contributed by atoms with E-state index in [1.165, 1.54) is 105 Å². The van der Waals surface area contributed by atoms with Gasteiger partial charge in [0.1, 0.15) is 40.1 Å². The molecule has 0 spiro atoms. The SMILES string of the molecule is Cc1cc(F)ccc1Br.Cc1cc(F)ccc1C#N.Cn1c(=O)cc(Cl)[nH]c1=O.Cn1c(=O)cc(N2CCC[C@@H](N)C2)n(Cc2cc(F)ccc2C#N)c1=O.Cn1c(=O)nc(Cl)n(Cc2cc(F)ccc2C#N)c1=O.N#Cc1ccc(F)cc1CBr.[B]=NS.[C-]#N.[Cu+]. The number of aromatic amines is 1. The fraction of sp³-hybridized carbons (Fsp3) is 0.220. The van der Waals surface area contributed by atoms with E-state index in [1.54, 1.807) is 13.0 Å². The zero-order valence-corrected chi connectivity index (χ0v) is 55.4. The van der Waals surface area contributed by atoms with E-state index in [1.807, 2.05) is 36.1 Å². The van der Waals surface area contributed by atoms with Gasteiger partial charge < -0.3 is 22.5 Å². The van der Waals surface area contributed by atoms with Gasteiger partial charge in [0.15, 0.2) is 0 Å². The molecule has 0 bridgehead atoms. The molecule has 3 aromatic heterocycles. The number of nitrogens with two attached hydrogens (primary N) is 1. The number of H-pyrrole nitrogens is 1. The van der Waals surface area contributed by atoms with Crippen LogP contribution in [-0.2, 0) is 56.6 Å². The van der Waals surface area contributed by atoms with Gasteiger partial charge in [-0.25, -0.2) is 45.7 Å². The van der Waals surface area contributed by atoms with Crippen LogP contribution in [-0.4, -0.2) is 59.6 Å². The molecule has 5 aromatic carbocycles. The summed E-state index contributed by atoms with van der Waals surface area (Å²) in [4.78, 5) is 77.1. The summed E-state index contributed by atoms with van der Waals surface area (Å²) in [5.74, 6) is -1.37. The smallest absolute Gasteiger partial charge is 0.512 e. The minimum absolute atomic E-state index is 0. The van der Waals surface area contributed by atoms with Crippen LogP contribution in [0, 0.1) is 100 Å². The predicted octanol–water partition coefficient (Wildman–Crippen LogP) is 8.69. The molecule has 1 aliphatic rings. The van der Waals surface area contributed by atoms with Gasteiger partial charge in [-0.3, -0.25) is 32.8 Å². The van der Waals surface area contributed by atoms with Crippen molar-refractivity contribution in [1.82, 2.24) is 32.8 Å². The molecule has 0 aliphatic carbocycles. The maximum Gasteiger partial charge on any atom is 1.00 e. The molecule has 33 heteroatoms. The first-order valence-electron chi connectivity index (χ1n) is 25.6. The Morgan fingerprint density at radius 1 is 0.663 bits per heavy atom. The fourth-order valence-corrected chi connectivity index (χ4v) is 8.68. The minimum atomic E-state index is -0.781. The Morgan fingerprint density at radius 2 is 1.08 bits per heavy atom. The molecule has 21 nitrogen and oxygen atoms in total. The topological polar surface area (TPSA) is 316 Å². The van der Waals surface area contributed by atoms with E-state index < -0.39 is 45.5 Å². The summed E-state index contributed by atoms with van der Waals surface area (Å²) < 4.78 is 72.9. The zero-order valence-electron chi connectivity index (χ0n) is 48.9. The van der Waals surface area contributed by atoms with Crippen LogP contribution in [0.5, 0.6) is 0 Å². The van der Waals surface area contributed by atoms with Crippen molar-refractivity contribution in [2.45, 2.75) is 51.2 Å². The molecule has 92 heavy (non-hydrogen) atoms. The number of piperidine rings is 1. The quantitative estimate of drug-likeness (QED) is 0.0350. The number of thiol groups is 1. The van der Waals surface area contributed by atoms with Crippen LogP contribution in [0.15, 0.2) is 141 Å². The second-order valence-electron chi connectivity index (χ2n) is 18.5. The fourth-order valence-electron chi connectivity index (χ4n) is 7.59. The standard InChI is InChI=1S/C18H20FN5O2.C12H8ClFN4O2.C8H5BrFN.C8H6FN.C7H6BrF.C5H5ClN2O2.CN.BHNS.Cu/c1-22-17(25)8-16(23-6-2-3-15(21)11-23)24(18(22)26)10-13-7-14(19)5-4-12(13)9-20;1-17-11(19)16-10(13)18(12(17)20)6-8-4-9(14)3-2-7(8)5-15;9-4-7-3-8(10)2-1-6(7)5-11;1-6-4-8(9)3-2-7(6)5-10;1-5-4-6(9)2-3-7(5)8;1-8-4(9)2-3(6)7-5(8)10;1-2;1-2-3;/h4-5,7-8,15H,2-3,6,10-11,21H2,1H3;2-4H,6H2,1H3;1-3H,4H2;2-4H,1H3;2-4H,1H3;2H,1H3,(H,7,10);;3H;/q;;;;;;-1;;+1/t15-;;;;;;;;/m1......../s1. The van der Waals surface area contributed by atoms with Gasteiger partial charge in [0.25, 0.3) is 11.1 Å². The number of anilines is 1. The molecule has 3 N–H and O–H groups in total. The average Bonchev–Trinajstić information content (AvgIpc) is 0.799. The summed E-state index contributed by atoms with van der Waals surface area (Å²) in [5.41, 5.74) is 7.22. The molecule has 1 aliphatic heterocycles. The first-order valence-corrected chi connectivity index (χ1v) is 28.7. The van der Waals surface area contributed by atoms with Crippen LogP contribution in [0.4, 0.5) is 27.8 Å². The largest absolute Gasteiger partial charge is 1.00 e. The Kier molecular flexibility index (Phi) is 36.1. The summed E-state index contributed by atoms with van der Waals surface area (Å²) in [5, 5.41) is 41.7. The number of rotatable bonds is 6. The third kappa shape index (κ3) is 25.1. The number of alkyl halides is 1. The molecule has 4 heterocycles. The van der Waals surface area contributed by atoms with Crippen LogP contribution in [0.3, 0.4) is 0 Å². The molecule has 0 saturated carbocycles. The Morgan fingerprint density at radius 3 is 1.51 bits per heavy atom. The third-order valence-electron chi connectivity index (χ3n) is 12.3. The Hall–Kier alpha value is -8.80. The minimum Gasteiger partial charge on any atom is -0.512 e. The first-order chi connectivity index (χ1) is 43.1. The van der Waals surface area contributed by atoms with Gasteiger partial charge in [0.05, 0.1) is 59.6 Å². The van der Waals surface area contributed by atoms with E-state index in [4.69, 9.17) is 56.6 Å². The molecule has 1 saturated heterocycles. The molecule has 1 radical (unpaired) electrons. The van der Waals surface area contributed by atoms with Crippen molar-refractivity contribution in [3.63, 3.8) is 0 Å². The molecule has 8 aromatic rings. The number of aromatic nitrogens is 7. The number of hydrogen-bond acceptors (Lipinski definition) is 16. The summed E-state index contributed by atoms with van der Waals surface area (Å²) in [7, 11) is 8.35. The van der Waals surface area contributed by atoms with Gasteiger partial charge in [-0.05, 0) is 157 Å². The van der Waals surface area contributed by atoms with Gasteiger partial charge in [-0.2, -0.15) is 26.0 Å². The number of nitriles is 4. The van der Waals surface area contributed by atoms with Gasteiger partial charge in [-0.15, -0.1) is 0 Å². The van der Waals surface area contributed by atoms with Crippen LogP contribution in [0.2, 0.25) is 10.4 Å². The summed E-state index contributed by atoms with van der Waals surface area (Å²) in [6.07, 6.45) is 1.74. The van der Waals surface area contributed by atoms with Crippen molar-refractivity contribution in [2.75, 3.05) is 18.0 Å². The maximum atomic E-state index is 13.7. The van der Waals surface area contributed by atoms with Crippen molar-refractivity contribution in [2.24, 2.45) is 31.2 Å². The summed E-state index contributed by atoms with van der Waals surface area (Å²) in [6.45, 7) is 9.36. The molecular formula is C59H51BBr2Cl2CuF5N15O6S. The average molecular weight is 1500 g/mol. The molecule has 481 valence electrons. The summed E-state index contributed by atoms with van der Waals surface area (Å²) >= 11 is 20.7. The number of nitrogens with zero attached hydrogens (tertiary/aromatic N) is 13. The van der Waals surface area contributed by atoms with E-state index in [-0.39, 0.29) is 80.8 Å². The summed E-state index contributed by atoms with van der Waals surface area (Å²) in [6, 6.07) is 30.6. The molecular weight excluding hydrogens is 1450 g/mol. The van der Waals surface area contributed by atoms with Crippen molar-refractivity contribution in [1.29, 1.82) is 26.3 Å². The zero-order chi connectivity index (χ0) is 68.8. The number of halogens is 9. The van der Waals surface area contributed by atoms with Gasteiger partial charge in [0.2, 0.25) is 5.28 Å². The Bertz CT molecular complexity index is 4440. The van der Waals surface area contributed by atoms with Crippen molar-refractivity contribution in [3.8, 4) is 24.3 Å². The van der Waals surface area contributed by atoms with Gasteiger partial charge in [0, 0.05) is 62.2 Å². The first kappa shape index (κ1) is 81.2. The Balaban J connectivity index is 0.000000569. The maximum absolute atomic E-state index is 13.7.